The smallest absolute Gasteiger partial charge is 0.251 e. The zero-order valence-corrected chi connectivity index (χ0v) is 15.6. The van der Waals surface area contributed by atoms with Gasteiger partial charge in [0.1, 0.15) is 23.1 Å². The quantitative estimate of drug-likeness (QED) is 0.734. The first-order chi connectivity index (χ1) is 12.9. The fourth-order valence-electron chi connectivity index (χ4n) is 2.46. The van der Waals surface area contributed by atoms with Crippen molar-refractivity contribution >= 4 is 12.0 Å². The molecule has 0 aliphatic heterocycles. The van der Waals surface area contributed by atoms with Gasteiger partial charge in [-0.15, -0.1) is 0 Å². The van der Waals surface area contributed by atoms with Gasteiger partial charge in [-0.25, -0.2) is 8.78 Å². The van der Waals surface area contributed by atoms with Crippen molar-refractivity contribution in [3.8, 4) is 11.5 Å². The lowest BCUT2D eigenvalue weighted by atomic mass is 10.1. The van der Waals surface area contributed by atoms with Gasteiger partial charge in [0.15, 0.2) is 0 Å². The summed E-state index contributed by atoms with van der Waals surface area (Å²) in [5.74, 6) is -0.477. The highest BCUT2D eigenvalue weighted by molar-refractivity contribution is 5.95. The first kappa shape index (κ1) is 20.4. The number of benzene rings is 2. The summed E-state index contributed by atoms with van der Waals surface area (Å²) in [4.78, 5) is 12.5. The maximum absolute atomic E-state index is 13.7. The molecule has 2 aromatic carbocycles. The number of hydrogen-bond donors (Lipinski definition) is 1. The highest BCUT2D eigenvalue weighted by atomic mass is 19.1. The van der Waals surface area contributed by atoms with E-state index in [9.17, 15) is 13.6 Å². The Labute approximate surface area is 157 Å². The summed E-state index contributed by atoms with van der Waals surface area (Å²) in [6.45, 7) is 6.64. The number of halogens is 2. The topological polar surface area (TPSA) is 47.6 Å². The van der Waals surface area contributed by atoms with Crippen molar-refractivity contribution < 1.29 is 23.0 Å². The van der Waals surface area contributed by atoms with Gasteiger partial charge in [0.05, 0.1) is 13.2 Å². The van der Waals surface area contributed by atoms with Crippen LogP contribution < -0.4 is 14.8 Å². The predicted octanol–water partition coefficient (Wildman–Crippen LogP) is 4.60. The predicted molar refractivity (Wildman–Crippen MR) is 101 cm³/mol. The standard InChI is InChI=1S/C21H23F2NO3/c1-4-26-18-9-16(10-19(12-18)27-5-2)21(25)24-13-14(3)8-15-6-7-17(22)11-20(15)23/h6-12H,4-5,13H2,1-3H3,(H,24,25)/b14-8+. The lowest BCUT2D eigenvalue weighted by Crippen LogP contribution is -2.25. The lowest BCUT2D eigenvalue weighted by molar-refractivity contribution is 0.0956. The van der Waals surface area contributed by atoms with E-state index in [1.54, 1.807) is 31.2 Å². The Morgan fingerprint density at radius 3 is 2.22 bits per heavy atom. The van der Waals surface area contributed by atoms with E-state index in [2.05, 4.69) is 5.32 Å². The molecule has 0 saturated heterocycles. The van der Waals surface area contributed by atoms with Gasteiger partial charge in [0, 0.05) is 29.8 Å². The molecule has 2 rings (SSSR count). The van der Waals surface area contributed by atoms with Crippen LogP contribution in [-0.4, -0.2) is 25.7 Å². The molecule has 1 amide bonds. The second kappa shape index (κ2) is 9.71. The zero-order chi connectivity index (χ0) is 19.8. The molecule has 0 saturated carbocycles. The normalized spacial score (nSPS) is 11.2. The first-order valence-corrected chi connectivity index (χ1v) is 8.74. The van der Waals surface area contributed by atoms with Crippen molar-refractivity contribution in [2.75, 3.05) is 19.8 Å². The van der Waals surface area contributed by atoms with Gasteiger partial charge in [-0.1, -0.05) is 11.6 Å². The average molecular weight is 375 g/mol. The van der Waals surface area contributed by atoms with E-state index >= 15 is 0 Å². The van der Waals surface area contributed by atoms with Crippen LogP contribution in [0.2, 0.25) is 0 Å². The molecule has 0 aliphatic rings. The minimum atomic E-state index is -0.647. The summed E-state index contributed by atoms with van der Waals surface area (Å²) < 4.78 is 37.6. The summed E-state index contributed by atoms with van der Waals surface area (Å²) >= 11 is 0. The summed E-state index contributed by atoms with van der Waals surface area (Å²) in [6, 6.07) is 8.38. The largest absolute Gasteiger partial charge is 0.494 e. The molecule has 0 aliphatic carbocycles. The van der Waals surface area contributed by atoms with Crippen LogP contribution >= 0.6 is 0 Å². The van der Waals surface area contributed by atoms with Crippen LogP contribution in [0.5, 0.6) is 11.5 Å². The molecule has 1 N–H and O–H groups in total. The van der Waals surface area contributed by atoms with Crippen molar-refractivity contribution in [3.63, 3.8) is 0 Å². The third kappa shape index (κ3) is 6.09. The molecular weight excluding hydrogens is 352 g/mol. The van der Waals surface area contributed by atoms with Gasteiger partial charge >= 0.3 is 0 Å². The number of amides is 1. The highest BCUT2D eigenvalue weighted by Gasteiger charge is 2.10. The first-order valence-electron chi connectivity index (χ1n) is 8.74. The molecule has 0 aromatic heterocycles. The van der Waals surface area contributed by atoms with E-state index in [-0.39, 0.29) is 18.0 Å². The van der Waals surface area contributed by atoms with Crippen LogP contribution in [0.15, 0.2) is 42.0 Å². The Balaban J connectivity index is 2.08. The Hall–Kier alpha value is -2.89. The van der Waals surface area contributed by atoms with Crippen molar-refractivity contribution in [3.05, 3.63) is 64.7 Å². The van der Waals surface area contributed by atoms with Crippen LogP contribution in [0.4, 0.5) is 8.78 Å². The average Bonchev–Trinajstić information content (AvgIpc) is 2.62. The number of nitrogens with one attached hydrogen (secondary N) is 1. The van der Waals surface area contributed by atoms with Crippen LogP contribution in [0, 0.1) is 11.6 Å². The summed E-state index contributed by atoms with van der Waals surface area (Å²) in [5, 5.41) is 2.77. The van der Waals surface area contributed by atoms with Gasteiger partial charge in [-0.2, -0.15) is 0 Å². The SMILES string of the molecule is CCOc1cc(OCC)cc(C(=O)NC/C(C)=C/c2ccc(F)cc2F)c1. The fraction of sp³-hybridized carbons (Fsp3) is 0.286. The number of rotatable bonds is 8. The maximum Gasteiger partial charge on any atom is 0.251 e. The Bertz CT molecular complexity index is 810. The van der Waals surface area contributed by atoms with Crippen LogP contribution in [0.25, 0.3) is 6.08 Å². The van der Waals surface area contributed by atoms with Crippen LogP contribution in [0.3, 0.4) is 0 Å². The molecule has 0 radical (unpaired) electrons. The zero-order valence-electron chi connectivity index (χ0n) is 15.6. The molecule has 0 fully saturated rings. The molecule has 0 atom stereocenters. The third-order valence-electron chi connectivity index (χ3n) is 3.66. The highest BCUT2D eigenvalue weighted by Crippen LogP contribution is 2.23. The van der Waals surface area contributed by atoms with E-state index in [1.807, 2.05) is 13.8 Å². The molecule has 0 unspecified atom stereocenters. The Kier molecular flexibility index (Phi) is 7.34. The van der Waals surface area contributed by atoms with E-state index in [1.165, 1.54) is 12.1 Å². The molecule has 6 heteroatoms. The van der Waals surface area contributed by atoms with Crippen molar-refractivity contribution in [1.29, 1.82) is 0 Å². The molecule has 0 spiro atoms. The lowest BCUT2D eigenvalue weighted by Gasteiger charge is -2.11. The molecule has 4 nitrogen and oxygen atoms in total. The monoisotopic (exact) mass is 375 g/mol. The van der Waals surface area contributed by atoms with Gasteiger partial charge in [0.25, 0.3) is 5.91 Å². The number of carbonyl (C=O) groups excluding carboxylic acids is 1. The second-order valence-electron chi connectivity index (χ2n) is 5.90. The maximum atomic E-state index is 13.7. The number of ether oxygens (including phenoxy) is 2. The van der Waals surface area contributed by atoms with Crippen LogP contribution in [-0.2, 0) is 0 Å². The van der Waals surface area contributed by atoms with Crippen molar-refractivity contribution in [2.45, 2.75) is 20.8 Å². The van der Waals surface area contributed by atoms with E-state index in [0.717, 1.165) is 11.6 Å². The van der Waals surface area contributed by atoms with Crippen LogP contribution in [0.1, 0.15) is 36.7 Å². The number of carbonyl (C=O) groups is 1. The van der Waals surface area contributed by atoms with Crippen molar-refractivity contribution in [2.24, 2.45) is 0 Å². The summed E-state index contributed by atoms with van der Waals surface area (Å²) in [5.41, 5.74) is 1.39. The van der Waals surface area contributed by atoms with Gasteiger partial charge in [-0.3, -0.25) is 4.79 Å². The molecule has 144 valence electrons. The van der Waals surface area contributed by atoms with E-state index in [0.29, 0.717) is 30.3 Å². The van der Waals surface area contributed by atoms with Gasteiger partial charge in [0.2, 0.25) is 0 Å². The minimum absolute atomic E-state index is 0.221. The summed E-state index contributed by atoms with van der Waals surface area (Å²) in [6.07, 6.45) is 1.57. The summed E-state index contributed by atoms with van der Waals surface area (Å²) in [7, 11) is 0. The second-order valence-corrected chi connectivity index (χ2v) is 5.90. The molecule has 2 aromatic rings. The molecule has 27 heavy (non-hydrogen) atoms. The third-order valence-corrected chi connectivity index (χ3v) is 3.66. The van der Waals surface area contributed by atoms with Crippen molar-refractivity contribution in [1.82, 2.24) is 5.32 Å². The number of hydrogen-bond acceptors (Lipinski definition) is 3. The fourth-order valence-corrected chi connectivity index (χ4v) is 2.46. The van der Waals surface area contributed by atoms with E-state index in [4.69, 9.17) is 9.47 Å². The molecule has 0 bridgehead atoms. The Morgan fingerprint density at radius 2 is 1.67 bits per heavy atom. The minimum Gasteiger partial charge on any atom is -0.494 e. The Morgan fingerprint density at radius 1 is 1.04 bits per heavy atom. The van der Waals surface area contributed by atoms with Gasteiger partial charge in [-0.05, 0) is 45.0 Å². The molecular formula is C21H23F2NO3. The van der Waals surface area contributed by atoms with E-state index < -0.39 is 11.6 Å². The van der Waals surface area contributed by atoms with Gasteiger partial charge < -0.3 is 14.8 Å². The molecule has 0 heterocycles.